The molecule has 0 heterocycles. The molecule has 0 aliphatic carbocycles. The van der Waals surface area contributed by atoms with E-state index in [9.17, 15) is 19.8 Å². The van der Waals surface area contributed by atoms with Gasteiger partial charge in [-0.2, -0.15) is 0 Å². The molecule has 6 heteroatoms. The number of hydrogen-bond donors (Lipinski definition) is 3. The van der Waals surface area contributed by atoms with Gasteiger partial charge in [-0.05, 0) is 64.2 Å². The standard InChI is InChI=1S/C66H125NO5/c1-3-5-7-9-11-13-15-16-17-18-26-30-33-36-40-44-48-52-56-60-66(71)72-61-57-53-49-45-41-37-34-31-28-25-23-21-19-20-22-24-27-29-32-35-39-43-47-51-55-59-65(70)67-63(62-68)64(69)58-54-50-46-42-38-14-12-10-8-6-4-2/h20-23,54,58,63-64,68-69H,3-19,24-53,55-57,59-62H2,1-2H3,(H,67,70)/b22-20-,23-21-,58-54+. The highest BCUT2D eigenvalue weighted by molar-refractivity contribution is 5.76. The molecule has 3 N–H and O–H groups in total. The van der Waals surface area contributed by atoms with Gasteiger partial charge in [0.2, 0.25) is 5.91 Å². The highest BCUT2D eigenvalue weighted by atomic mass is 16.5. The molecule has 2 unspecified atom stereocenters. The van der Waals surface area contributed by atoms with Crippen LogP contribution in [0.4, 0.5) is 0 Å². The fourth-order valence-corrected chi connectivity index (χ4v) is 9.96. The minimum Gasteiger partial charge on any atom is -0.466 e. The van der Waals surface area contributed by atoms with Crippen molar-refractivity contribution in [3.63, 3.8) is 0 Å². The summed E-state index contributed by atoms with van der Waals surface area (Å²) >= 11 is 0. The highest BCUT2D eigenvalue weighted by Crippen LogP contribution is 2.17. The van der Waals surface area contributed by atoms with Gasteiger partial charge >= 0.3 is 5.97 Å². The van der Waals surface area contributed by atoms with Crippen LogP contribution >= 0.6 is 0 Å². The first kappa shape index (κ1) is 70.1. The summed E-state index contributed by atoms with van der Waals surface area (Å²) in [5.41, 5.74) is 0. The van der Waals surface area contributed by atoms with Crippen LogP contribution in [0.5, 0.6) is 0 Å². The van der Waals surface area contributed by atoms with Gasteiger partial charge in [0.1, 0.15) is 0 Å². The Morgan fingerprint density at radius 3 is 1.06 bits per heavy atom. The van der Waals surface area contributed by atoms with E-state index in [1.165, 1.54) is 276 Å². The maximum Gasteiger partial charge on any atom is 0.305 e. The summed E-state index contributed by atoms with van der Waals surface area (Å²) in [5.74, 6) is -0.0615. The van der Waals surface area contributed by atoms with Crippen molar-refractivity contribution in [2.45, 2.75) is 360 Å². The van der Waals surface area contributed by atoms with E-state index in [0.717, 1.165) is 44.9 Å². The van der Waals surface area contributed by atoms with Gasteiger partial charge in [0.25, 0.3) is 0 Å². The number of esters is 1. The monoisotopic (exact) mass is 1010 g/mol. The normalized spacial score (nSPS) is 12.8. The van der Waals surface area contributed by atoms with Crippen molar-refractivity contribution in [3.05, 3.63) is 36.5 Å². The van der Waals surface area contributed by atoms with Gasteiger partial charge in [0, 0.05) is 12.8 Å². The fraction of sp³-hybridized carbons (Fsp3) is 0.879. The lowest BCUT2D eigenvalue weighted by atomic mass is 10.0. The van der Waals surface area contributed by atoms with Crippen molar-refractivity contribution in [1.82, 2.24) is 5.32 Å². The first-order chi connectivity index (χ1) is 35.5. The predicted octanol–water partition coefficient (Wildman–Crippen LogP) is 20.4. The van der Waals surface area contributed by atoms with Crippen molar-refractivity contribution >= 4 is 11.9 Å². The zero-order valence-electron chi connectivity index (χ0n) is 48.4. The summed E-state index contributed by atoms with van der Waals surface area (Å²) in [6.07, 6.45) is 77.7. The van der Waals surface area contributed by atoms with Crippen molar-refractivity contribution in [2.75, 3.05) is 13.2 Å². The van der Waals surface area contributed by atoms with Crippen LogP contribution in [0.1, 0.15) is 348 Å². The third kappa shape index (κ3) is 57.4. The molecule has 0 saturated carbocycles. The van der Waals surface area contributed by atoms with Crippen molar-refractivity contribution in [1.29, 1.82) is 0 Å². The minimum absolute atomic E-state index is 0.0134. The zero-order valence-corrected chi connectivity index (χ0v) is 48.4. The molecule has 424 valence electrons. The van der Waals surface area contributed by atoms with E-state index in [1.807, 2.05) is 6.08 Å². The first-order valence-electron chi connectivity index (χ1n) is 32.3. The van der Waals surface area contributed by atoms with Crippen LogP contribution < -0.4 is 5.32 Å². The van der Waals surface area contributed by atoms with Crippen LogP contribution in [0.25, 0.3) is 0 Å². The molecule has 0 aromatic heterocycles. The number of ether oxygens (including phenoxy) is 1. The molecule has 72 heavy (non-hydrogen) atoms. The van der Waals surface area contributed by atoms with Crippen LogP contribution in [0.2, 0.25) is 0 Å². The molecule has 0 saturated heterocycles. The minimum atomic E-state index is -0.847. The number of aliphatic hydroxyl groups excluding tert-OH is 2. The highest BCUT2D eigenvalue weighted by Gasteiger charge is 2.18. The number of amides is 1. The van der Waals surface area contributed by atoms with E-state index in [2.05, 4.69) is 43.5 Å². The predicted molar refractivity (Wildman–Crippen MR) is 315 cm³/mol. The Morgan fingerprint density at radius 2 is 0.694 bits per heavy atom. The largest absolute Gasteiger partial charge is 0.466 e. The smallest absolute Gasteiger partial charge is 0.305 e. The molecule has 0 aromatic carbocycles. The Labute approximate surface area is 449 Å². The summed E-state index contributed by atoms with van der Waals surface area (Å²) in [7, 11) is 0. The number of carbonyl (C=O) groups excluding carboxylic acids is 2. The average Bonchev–Trinajstić information content (AvgIpc) is 3.38. The van der Waals surface area contributed by atoms with Crippen molar-refractivity contribution in [3.8, 4) is 0 Å². The number of unbranched alkanes of at least 4 members (excludes halogenated alkanes) is 45. The number of aliphatic hydroxyl groups is 2. The number of nitrogens with one attached hydrogen (secondary N) is 1. The van der Waals surface area contributed by atoms with Crippen molar-refractivity contribution < 1.29 is 24.5 Å². The van der Waals surface area contributed by atoms with Gasteiger partial charge in [-0.1, -0.05) is 307 Å². The lowest BCUT2D eigenvalue weighted by Gasteiger charge is -2.20. The van der Waals surface area contributed by atoms with E-state index < -0.39 is 12.1 Å². The van der Waals surface area contributed by atoms with Gasteiger partial charge < -0.3 is 20.3 Å². The molecule has 0 fully saturated rings. The number of allylic oxidation sites excluding steroid dienone is 5. The number of carbonyl (C=O) groups is 2. The molecule has 0 spiro atoms. The van der Waals surface area contributed by atoms with Crippen LogP contribution in [-0.2, 0) is 14.3 Å². The summed E-state index contributed by atoms with van der Waals surface area (Å²) in [4.78, 5) is 24.5. The van der Waals surface area contributed by atoms with Gasteiger partial charge in [-0.3, -0.25) is 9.59 Å². The van der Waals surface area contributed by atoms with E-state index >= 15 is 0 Å². The maximum atomic E-state index is 12.4. The Morgan fingerprint density at radius 1 is 0.389 bits per heavy atom. The Bertz CT molecular complexity index is 1170. The third-order valence-electron chi connectivity index (χ3n) is 14.9. The Hall–Kier alpha value is -1.92. The van der Waals surface area contributed by atoms with E-state index in [1.54, 1.807) is 6.08 Å². The summed E-state index contributed by atoms with van der Waals surface area (Å²) < 4.78 is 5.50. The first-order valence-corrected chi connectivity index (χ1v) is 32.3. The lowest BCUT2D eigenvalue weighted by molar-refractivity contribution is -0.143. The van der Waals surface area contributed by atoms with Crippen LogP contribution in [0, 0.1) is 0 Å². The van der Waals surface area contributed by atoms with Crippen LogP contribution in [0.3, 0.4) is 0 Å². The average molecular weight is 1010 g/mol. The molecule has 0 rings (SSSR count). The molecule has 0 radical (unpaired) electrons. The van der Waals surface area contributed by atoms with Crippen LogP contribution in [0.15, 0.2) is 36.5 Å². The Balaban J connectivity index is 3.40. The molecule has 2 atom stereocenters. The second-order valence-electron chi connectivity index (χ2n) is 22.1. The molecule has 0 aliphatic rings. The fourth-order valence-electron chi connectivity index (χ4n) is 9.96. The summed E-state index contributed by atoms with van der Waals surface area (Å²) in [5, 5.41) is 23.0. The summed E-state index contributed by atoms with van der Waals surface area (Å²) in [6, 6.07) is -0.631. The SMILES string of the molecule is CCCCCCCCCCC/C=C/C(O)C(CO)NC(=O)CCCCCCCCCCC/C=C\C/C=C\CCCCCCCCCCCOC(=O)CCCCCCCCCCCCCCCCCCCCC. The molecule has 6 nitrogen and oxygen atoms in total. The van der Waals surface area contributed by atoms with E-state index in [-0.39, 0.29) is 18.5 Å². The lowest BCUT2D eigenvalue weighted by Crippen LogP contribution is -2.45. The molecule has 0 aliphatic heterocycles. The second-order valence-corrected chi connectivity index (χ2v) is 22.1. The molecular weight excluding hydrogens is 887 g/mol. The maximum absolute atomic E-state index is 12.4. The number of hydrogen-bond acceptors (Lipinski definition) is 5. The van der Waals surface area contributed by atoms with Gasteiger partial charge in [-0.25, -0.2) is 0 Å². The molecule has 1 amide bonds. The quantitative estimate of drug-likeness (QED) is 0.0320. The summed E-state index contributed by atoms with van der Waals surface area (Å²) in [6.45, 7) is 4.90. The topological polar surface area (TPSA) is 95.9 Å². The van der Waals surface area contributed by atoms with Crippen molar-refractivity contribution in [2.24, 2.45) is 0 Å². The molecular formula is C66H125NO5. The molecule has 0 bridgehead atoms. The van der Waals surface area contributed by atoms with E-state index in [4.69, 9.17) is 4.74 Å². The third-order valence-corrected chi connectivity index (χ3v) is 14.9. The number of rotatable bonds is 60. The Kier molecular flexibility index (Phi) is 60.0. The zero-order chi connectivity index (χ0) is 52.2. The van der Waals surface area contributed by atoms with Gasteiger partial charge in [0.15, 0.2) is 0 Å². The van der Waals surface area contributed by atoms with E-state index in [0.29, 0.717) is 19.4 Å². The molecule has 0 aromatic rings. The van der Waals surface area contributed by atoms with Crippen LogP contribution in [-0.4, -0.2) is 47.4 Å². The van der Waals surface area contributed by atoms with Gasteiger partial charge in [0.05, 0.1) is 25.4 Å². The van der Waals surface area contributed by atoms with Gasteiger partial charge in [-0.15, -0.1) is 0 Å². The second kappa shape index (κ2) is 61.6.